The van der Waals surface area contributed by atoms with Crippen LogP contribution >= 0.6 is 0 Å². The van der Waals surface area contributed by atoms with Crippen LogP contribution in [0.3, 0.4) is 0 Å². The first-order valence-electron chi connectivity index (χ1n) is 6.21. The predicted octanol–water partition coefficient (Wildman–Crippen LogP) is 3.53. The number of hydrogen-bond donors (Lipinski definition) is 1. The summed E-state index contributed by atoms with van der Waals surface area (Å²) in [7, 11) is 0. The third-order valence-corrected chi connectivity index (χ3v) is 3.27. The first-order chi connectivity index (χ1) is 9.65. The van der Waals surface area contributed by atoms with Gasteiger partial charge < -0.3 is 9.67 Å². The number of aromatic carboxylic acids is 1. The maximum Gasteiger partial charge on any atom is 0.337 e. The van der Waals surface area contributed by atoms with Crippen LogP contribution in [0.15, 0.2) is 54.7 Å². The minimum absolute atomic E-state index is 0.191. The van der Waals surface area contributed by atoms with Crippen LogP contribution in [-0.2, 0) is 6.54 Å². The highest BCUT2D eigenvalue weighted by atomic mass is 19.1. The van der Waals surface area contributed by atoms with E-state index in [4.69, 9.17) is 0 Å². The van der Waals surface area contributed by atoms with Gasteiger partial charge in [-0.2, -0.15) is 0 Å². The summed E-state index contributed by atoms with van der Waals surface area (Å²) in [5, 5.41) is 9.78. The fraction of sp³-hybridized carbons (Fsp3) is 0.0625. The molecule has 0 aliphatic rings. The Hall–Kier alpha value is -2.62. The lowest BCUT2D eigenvalue weighted by atomic mass is 10.2. The lowest BCUT2D eigenvalue weighted by Crippen LogP contribution is -1.98. The number of rotatable bonds is 3. The maximum atomic E-state index is 13.4. The molecule has 0 aliphatic carbocycles. The molecular weight excluding hydrogens is 257 g/mol. The normalized spacial score (nSPS) is 10.8. The SMILES string of the molecule is O=C(O)c1cn(Cc2ccccc2)c2cc(F)ccc12. The van der Waals surface area contributed by atoms with Crippen molar-refractivity contribution >= 4 is 16.9 Å². The molecule has 0 bridgehead atoms. The number of nitrogens with zero attached hydrogens (tertiary/aromatic N) is 1. The van der Waals surface area contributed by atoms with Gasteiger partial charge in [0.15, 0.2) is 0 Å². The number of halogens is 1. The number of fused-ring (bicyclic) bond motifs is 1. The molecule has 0 aliphatic heterocycles. The van der Waals surface area contributed by atoms with Crippen molar-refractivity contribution in [3.63, 3.8) is 0 Å². The highest BCUT2D eigenvalue weighted by Gasteiger charge is 2.14. The van der Waals surface area contributed by atoms with Crippen LogP contribution in [0, 0.1) is 5.82 Å². The van der Waals surface area contributed by atoms with E-state index in [-0.39, 0.29) is 11.4 Å². The van der Waals surface area contributed by atoms with Gasteiger partial charge >= 0.3 is 5.97 Å². The fourth-order valence-corrected chi connectivity index (χ4v) is 2.35. The molecule has 0 amide bonds. The van der Waals surface area contributed by atoms with Crippen LogP contribution in [0.25, 0.3) is 10.9 Å². The molecule has 0 spiro atoms. The van der Waals surface area contributed by atoms with E-state index in [0.717, 1.165) is 5.56 Å². The second kappa shape index (κ2) is 4.81. The molecule has 0 saturated carbocycles. The van der Waals surface area contributed by atoms with Gasteiger partial charge in [-0.15, -0.1) is 0 Å². The van der Waals surface area contributed by atoms with Gasteiger partial charge in [0.05, 0.1) is 11.1 Å². The van der Waals surface area contributed by atoms with Crippen molar-refractivity contribution in [1.82, 2.24) is 4.57 Å². The van der Waals surface area contributed by atoms with Crippen molar-refractivity contribution in [1.29, 1.82) is 0 Å². The molecule has 0 fully saturated rings. The van der Waals surface area contributed by atoms with Gasteiger partial charge in [0.1, 0.15) is 5.82 Å². The Labute approximate surface area is 114 Å². The highest BCUT2D eigenvalue weighted by Crippen LogP contribution is 2.23. The van der Waals surface area contributed by atoms with E-state index in [1.807, 2.05) is 30.3 Å². The summed E-state index contributed by atoms with van der Waals surface area (Å²) < 4.78 is 15.2. The van der Waals surface area contributed by atoms with Crippen LogP contribution in [0.2, 0.25) is 0 Å². The van der Waals surface area contributed by atoms with Gasteiger partial charge in [0, 0.05) is 18.1 Å². The van der Waals surface area contributed by atoms with E-state index in [1.165, 1.54) is 18.2 Å². The highest BCUT2D eigenvalue weighted by molar-refractivity contribution is 6.03. The largest absolute Gasteiger partial charge is 0.478 e. The minimum Gasteiger partial charge on any atom is -0.478 e. The third kappa shape index (κ3) is 2.16. The quantitative estimate of drug-likeness (QED) is 0.790. The van der Waals surface area contributed by atoms with Gasteiger partial charge in [-0.25, -0.2) is 9.18 Å². The fourth-order valence-electron chi connectivity index (χ4n) is 2.35. The molecule has 2 aromatic carbocycles. The molecule has 3 rings (SSSR count). The number of carboxylic acid groups (broad SMARTS) is 1. The average Bonchev–Trinajstić information content (AvgIpc) is 2.78. The number of hydrogen-bond acceptors (Lipinski definition) is 1. The summed E-state index contributed by atoms with van der Waals surface area (Å²) in [5.41, 5.74) is 1.81. The Bertz CT molecular complexity index is 778. The Morgan fingerprint density at radius 1 is 1.15 bits per heavy atom. The van der Waals surface area contributed by atoms with Gasteiger partial charge in [-0.1, -0.05) is 30.3 Å². The second-order valence-corrected chi connectivity index (χ2v) is 4.62. The van der Waals surface area contributed by atoms with E-state index in [2.05, 4.69) is 0 Å². The summed E-state index contributed by atoms with van der Waals surface area (Å²) in [5.74, 6) is -1.38. The van der Waals surface area contributed by atoms with E-state index in [1.54, 1.807) is 10.8 Å². The summed E-state index contributed by atoms with van der Waals surface area (Å²) in [6.07, 6.45) is 1.56. The third-order valence-electron chi connectivity index (χ3n) is 3.27. The van der Waals surface area contributed by atoms with Gasteiger partial charge in [0.2, 0.25) is 0 Å². The molecule has 0 unspecified atom stereocenters. The summed E-state index contributed by atoms with van der Waals surface area (Å²) in [6, 6.07) is 13.8. The Balaban J connectivity index is 2.15. The van der Waals surface area contributed by atoms with Crippen LogP contribution in [-0.4, -0.2) is 15.6 Å². The topological polar surface area (TPSA) is 42.2 Å². The van der Waals surface area contributed by atoms with Crippen molar-refractivity contribution in [3.8, 4) is 0 Å². The number of carboxylic acids is 1. The first-order valence-corrected chi connectivity index (χ1v) is 6.21. The molecule has 1 N–H and O–H groups in total. The molecule has 4 heteroatoms. The van der Waals surface area contributed by atoms with Crippen molar-refractivity contribution in [3.05, 3.63) is 71.7 Å². The molecular formula is C16H12FNO2. The van der Waals surface area contributed by atoms with Gasteiger partial charge in [-0.05, 0) is 23.8 Å². The molecule has 3 nitrogen and oxygen atoms in total. The van der Waals surface area contributed by atoms with Crippen LogP contribution in [0.4, 0.5) is 4.39 Å². The monoisotopic (exact) mass is 269 g/mol. The van der Waals surface area contributed by atoms with Gasteiger partial charge in [0.25, 0.3) is 0 Å². The summed E-state index contributed by atoms with van der Waals surface area (Å²) >= 11 is 0. The molecule has 0 atom stereocenters. The van der Waals surface area contributed by atoms with Crippen LogP contribution < -0.4 is 0 Å². The summed E-state index contributed by atoms with van der Waals surface area (Å²) in [6.45, 7) is 0.508. The Kier molecular flexibility index (Phi) is 2.99. The standard InChI is InChI=1S/C16H12FNO2/c17-12-6-7-13-14(16(19)20)10-18(15(13)8-12)9-11-4-2-1-3-5-11/h1-8,10H,9H2,(H,19,20). The maximum absolute atomic E-state index is 13.4. The average molecular weight is 269 g/mol. The lowest BCUT2D eigenvalue weighted by Gasteiger charge is -2.05. The first kappa shape index (κ1) is 12.4. The number of aromatic nitrogens is 1. The van der Waals surface area contributed by atoms with Gasteiger partial charge in [-0.3, -0.25) is 0 Å². The zero-order valence-corrected chi connectivity index (χ0v) is 10.6. The van der Waals surface area contributed by atoms with E-state index in [9.17, 15) is 14.3 Å². The van der Waals surface area contributed by atoms with Crippen LogP contribution in [0.1, 0.15) is 15.9 Å². The Morgan fingerprint density at radius 2 is 1.90 bits per heavy atom. The zero-order chi connectivity index (χ0) is 14.1. The van der Waals surface area contributed by atoms with E-state index in [0.29, 0.717) is 17.4 Å². The second-order valence-electron chi connectivity index (χ2n) is 4.62. The molecule has 1 heterocycles. The van der Waals surface area contributed by atoms with Crippen molar-refractivity contribution in [2.45, 2.75) is 6.54 Å². The van der Waals surface area contributed by atoms with Crippen molar-refractivity contribution < 1.29 is 14.3 Å². The molecule has 1 aromatic heterocycles. The molecule has 20 heavy (non-hydrogen) atoms. The van der Waals surface area contributed by atoms with E-state index < -0.39 is 5.97 Å². The molecule has 100 valence electrons. The molecule has 0 saturated heterocycles. The lowest BCUT2D eigenvalue weighted by molar-refractivity contribution is 0.0699. The summed E-state index contributed by atoms with van der Waals surface area (Å²) in [4.78, 5) is 11.3. The predicted molar refractivity (Wildman–Crippen MR) is 74.4 cm³/mol. The van der Waals surface area contributed by atoms with Crippen LogP contribution in [0.5, 0.6) is 0 Å². The number of carbonyl (C=O) groups is 1. The number of benzene rings is 2. The minimum atomic E-state index is -1.01. The van der Waals surface area contributed by atoms with E-state index >= 15 is 0 Å². The molecule has 3 aromatic rings. The van der Waals surface area contributed by atoms with Crippen molar-refractivity contribution in [2.24, 2.45) is 0 Å². The van der Waals surface area contributed by atoms with Crippen molar-refractivity contribution in [2.75, 3.05) is 0 Å². The zero-order valence-electron chi connectivity index (χ0n) is 10.6. The Morgan fingerprint density at radius 3 is 2.60 bits per heavy atom. The smallest absolute Gasteiger partial charge is 0.337 e. The molecule has 0 radical (unpaired) electrons.